The Hall–Kier alpha value is -1.35. The summed E-state index contributed by atoms with van der Waals surface area (Å²) >= 11 is 0. The van der Waals surface area contributed by atoms with E-state index in [1.54, 1.807) is 0 Å². The molecule has 3 heteroatoms. The Morgan fingerprint density at radius 1 is 1.24 bits per heavy atom. The number of nitrogens with one attached hydrogen (secondary N) is 1. The molecule has 0 atom stereocenters. The predicted molar refractivity (Wildman–Crippen MR) is 68.6 cm³/mol. The molecule has 0 aliphatic heterocycles. The molecule has 17 heavy (non-hydrogen) atoms. The molecule has 0 saturated carbocycles. The number of amides is 1. The minimum atomic E-state index is -0.362. The van der Waals surface area contributed by atoms with Crippen LogP contribution in [0.15, 0.2) is 18.2 Å². The van der Waals surface area contributed by atoms with Gasteiger partial charge < -0.3 is 0 Å². The molecular weight excluding hydrogens is 214 g/mol. The highest BCUT2D eigenvalue weighted by atomic mass is 16.7. The van der Waals surface area contributed by atoms with Gasteiger partial charge in [-0.05, 0) is 51.3 Å². The van der Waals surface area contributed by atoms with E-state index in [1.165, 1.54) is 11.1 Å². The van der Waals surface area contributed by atoms with E-state index in [1.807, 2.05) is 45.9 Å². The first kappa shape index (κ1) is 13.7. The molecule has 1 aromatic rings. The van der Waals surface area contributed by atoms with Crippen molar-refractivity contribution >= 4 is 5.91 Å². The van der Waals surface area contributed by atoms with Crippen molar-refractivity contribution < 1.29 is 9.63 Å². The SMILES string of the molecule is Cc1ccc(CC(=O)NOC(C)(C)C)cc1C. The monoisotopic (exact) mass is 235 g/mol. The van der Waals surface area contributed by atoms with Crippen LogP contribution >= 0.6 is 0 Å². The average molecular weight is 235 g/mol. The minimum Gasteiger partial charge on any atom is -0.272 e. The van der Waals surface area contributed by atoms with Crippen molar-refractivity contribution in [2.24, 2.45) is 0 Å². The molecule has 0 aliphatic rings. The van der Waals surface area contributed by atoms with Gasteiger partial charge in [0.15, 0.2) is 0 Å². The van der Waals surface area contributed by atoms with Crippen LogP contribution in [0.5, 0.6) is 0 Å². The Morgan fingerprint density at radius 2 is 1.88 bits per heavy atom. The lowest BCUT2D eigenvalue weighted by Gasteiger charge is -2.19. The lowest BCUT2D eigenvalue weighted by atomic mass is 10.0. The van der Waals surface area contributed by atoms with Gasteiger partial charge >= 0.3 is 0 Å². The second kappa shape index (κ2) is 5.32. The summed E-state index contributed by atoms with van der Waals surface area (Å²) in [6.07, 6.45) is 0.344. The summed E-state index contributed by atoms with van der Waals surface area (Å²) in [6, 6.07) is 6.04. The maximum absolute atomic E-state index is 11.6. The van der Waals surface area contributed by atoms with Gasteiger partial charge in [-0.2, -0.15) is 0 Å². The van der Waals surface area contributed by atoms with Gasteiger partial charge in [0.25, 0.3) is 0 Å². The maximum atomic E-state index is 11.6. The molecule has 1 rings (SSSR count). The molecule has 0 bridgehead atoms. The quantitative estimate of drug-likeness (QED) is 0.818. The van der Waals surface area contributed by atoms with Crippen molar-refractivity contribution in [3.63, 3.8) is 0 Å². The van der Waals surface area contributed by atoms with Gasteiger partial charge in [0.2, 0.25) is 5.91 Å². The van der Waals surface area contributed by atoms with Crippen molar-refractivity contribution in [3.8, 4) is 0 Å². The lowest BCUT2D eigenvalue weighted by Crippen LogP contribution is -2.34. The minimum absolute atomic E-state index is 0.122. The molecule has 1 N–H and O–H groups in total. The fraction of sp³-hybridized carbons (Fsp3) is 0.500. The van der Waals surface area contributed by atoms with Crippen LogP contribution in [0.4, 0.5) is 0 Å². The number of hydrogen-bond donors (Lipinski definition) is 1. The molecule has 0 unspecified atom stereocenters. The molecule has 1 amide bonds. The molecule has 1 aromatic carbocycles. The van der Waals surface area contributed by atoms with Gasteiger partial charge in [0, 0.05) is 0 Å². The van der Waals surface area contributed by atoms with Gasteiger partial charge in [-0.3, -0.25) is 9.63 Å². The van der Waals surface area contributed by atoms with Gasteiger partial charge in [0.1, 0.15) is 0 Å². The Bertz CT molecular complexity index is 405. The molecule has 3 nitrogen and oxygen atoms in total. The maximum Gasteiger partial charge on any atom is 0.247 e. The van der Waals surface area contributed by atoms with Crippen LogP contribution in [0.25, 0.3) is 0 Å². The van der Waals surface area contributed by atoms with E-state index < -0.39 is 0 Å². The fourth-order valence-corrected chi connectivity index (χ4v) is 1.34. The first-order valence-corrected chi connectivity index (χ1v) is 5.81. The van der Waals surface area contributed by atoms with Crippen LogP contribution in [0, 0.1) is 13.8 Å². The van der Waals surface area contributed by atoms with E-state index >= 15 is 0 Å². The zero-order valence-corrected chi connectivity index (χ0v) is 11.3. The van der Waals surface area contributed by atoms with Crippen LogP contribution in [-0.4, -0.2) is 11.5 Å². The van der Waals surface area contributed by atoms with Crippen molar-refractivity contribution in [1.29, 1.82) is 0 Å². The van der Waals surface area contributed by atoms with E-state index in [0.717, 1.165) is 5.56 Å². The van der Waals surface area contributed by atoms with Crippen LogP contribution in [-0.2, 0) is 16.1 Å². The van der Waals surface area contributed by atoms with Crippen LogP contribution in [0.2, 0.25) is 0 Å². The second-order valence-electron chi connectivity index (χ2n) is 5.34. The largest absolute Gasteiger partial charge is 0.272 e. The zero-order chi connectivity index (χ0) is 13.1. The van der Waals surface area contributed by atoms with Gasteiger partial charge in [-0.1, -0.05) is 18.2 Å². The third-order valence-electron chi connectivity index (χ3n) is 2.41. The van der Waals surface area contributed by atoms with Gasteiger partial charge in [0.05, 0.1) is 12.0 Å². The zero-order valence-electron chi connectivity index (χ0n) is 11.3. The average Bonchev–Trinajstić information content (AvgIpc) is 2.20. The Balaban J connectivity index is 2.54. The number of carbonyl (C=O) groups excluding carboxylic acids is 1. The Labute approximate surface area is 103 Å². The molecule has 0 aromatic heterocycles. The number of hydrogen-bond acceptors (Lipinski definition) is 2. The number of rotatable bonds is 3. The molecule has 0 heterocycles. The summed E-state index contributed by atoms with van der Waals surface area (Å²) < 4.78 is 0. The smallest absolute Gasteiger partial charge is 0.247 e. The normalized spacial score (nSPS) is 11.4. The Kier molecular flexibility index (Phi) is 4.29. The number of hydroxylamine groups is 1. The van der Waals surface area contributed by atoms with E-state index in [4.69, 9.17) is 4.84 Å². The van der Waals surface area contributed by atoms with Crippen molar-refractivity contribution in [2.45, 2.75) is 46.6 Å². The third kappa shape index (κ3) is 5.00. The summed E-state index contributed by atoms with van der Waals surface area (Å²) in [5, 5.41) is 0. The first-order valence-electron chi connectivity index (χ1n) is 5.81. The topological polar surface area (TPSA) is 38.3 Å². The van der Waals surface area contributed by atoms with E-state index in [0.29, 0.717) is 6.42 Å². The summed E-state index contributed by atoms with van der Waals surface area (Å²) in [6.45, 7) is 9.78. The molecule has 0 spiro atoms. The summed E-state index contributed by atoms with van der Waals surface area (Å²) in [5.74, 6) is -0.122. The van der Waals surface area contributed by atoms with Crippen molar-refractivity contribution in [2.75, 3.05) is 0 Å². The molecule has 0 saturated heterocycles. The van der Waals surface area contributed by atoms with E-state index in [2.05, 4.69) is 12.4 Å². The highest BCUT2D eigenvalue weighted by Crippen LogP contribution is 2.10. The molecule has 0 fully saturated rings. The summed E-state index contributed by atoms with van der Waals surface area (Å²) in [4.78, 5) is 16.8. The number of aryl methyl sites for hydroxylation is 2. The van der Waals surface area contributed by atoms with Crippen LogP contribution in [0.1, 0.15) is 37.5 Å². The first-order chi connectivity index (χ1) is 7.78. The van der Waals surface area contributed by atoms with Gasteiger partial charge in [-0.25, -0.2) is 5.48 Å². The molecule has 0 aliphatic carbocycles. The standard InChI is InChI=1S/C14H21NO2/c1-10-6-7-12(8-11(10)2)9-13(16)15-17-14(3,4)5/h6-8H,9H2,1-5H3,(H,15,16). The number of carbonyl (C=O) groups is 1. The van der Waals surface area contributed by atoms with Crippen molar-refractivity contribution in [1.82, 2.24) is 5.48 Å². The second-order valence-corrected chi connectivity index (χ2v) is 5.34. The summed E-state index contributed by atoms with van der Waals surface area (Å²) in [7, 11) is 0. The molecule has 94 valence electrons. The molecule has 0 radical (unpaired) electrons. The van der Waals surface area contributed by atoms with Crippen LogP contribution < -0.4 is 5.48 Å². The summed E-state index contributed by atoms with van der Waals surface area (Å²) in [5.41, 5.74) is 5.54. The Morgan fingerprint density at radius 3 is 2.41 bits per heavy atom. The fourth-order valence-electron chi connectivity index (χ4n) is 1.34. The van der Waals surface area contributed by atoms with E-state index in [9.17, 15) is 4.79 Å². The highest BCUT2D eigenvalue weighted by Gasteiger charge is 2.13. The predicted octanol–water partition coefficient (Wildman–Crippen LogP) is 2.69. The van der Waals surface area contributed by atoms with Gasteiger partial charge in [-0.15, -0.1) is 0 Å². The van der Waals surface area contributed by atoms with E-state index in [-0.39, 0.29) is 11.5 Å². The number of benzene rings is 1. The third-order valence-corrected chi connectivity index (χ3v) is 2.41. The molecular formula is C14H21NO2. The lowest BCUT2D eigenvalue weighted by molar-refractivity contribution is -0.144. The van der Waals surface area contributed by atoms with Crippen LogP contribution in [0.3, 0.4) is 0 Å². The van der Waals surface area contributed by atoms with Crippen molar-refractivity contribution in [3.05, 3.63) is 34.9 Å². The highest BCUT2D eigenvalue weighted by molar-refractivity contribution is 5.77.